The van der Waals surface area contributed by atoms with Crippen molar-refractivity contribution in [3.8, 4) is 0 Å². The van der Waals surface area contributed by atoms with E-state index in [-0.39, 0.29) is 6.10 Å². The maximum Gasteiger partial charge on any atom is 0.0574 e. The van der Waals surface area contributed by atoms with Gasteiger partial charge in [0.25, 0.3) is 0 Å². The Hall–Kier alpha value is -0.300. The molecule has 1 aliphatic rings. The van der Waals surface area contributed by atoms with Gasteiger partial charge in [0.2, 0.25) is 0 Å². The van der Waals surface area contributed by atoms with Crippen LogP contribution < -0.4 is 0 Å². The van der Waals surface area contributed by atoms with Gasteiger partial charge in [0.1, 0.15) is 0 Å². The Morgan fingerprint density at radius 1 is 1.60 bits per heavy atom. The van der Waals surface area contributed by atoms with E-state index in [1.165, 1.54) is 6.42 Å². The van der Waals surface area contributed by atoms with Gasteiger partial charge in [-0.3, -0.25) is 0 Å². The lowest BCUT2D eigenvalue weighted by Crippen LogP contribution is -2.16. The van der Waals surface area contributed by atoms with Gasteiger partial charge in [0.15, 0.2) is 0 Å². The van der Waals surface area contributed by atoms with Gasteiger partial charge in [-0.2, -0.15) is 0 Å². The molecule has 0 radical (unpaired) electrons. The van der Waals surface area contributed by atoms with Gasteiger partial charge in [-0.15, -0.1) is 6.58 Å². The molecular weight excluding hydrogens is 124 g/mol. The number of aliphatic hydroxyl groups excluding tert-OH is 1. The van der Waals surface area contributed by atoms with Gasteiger partial charge in [-0.1, -0.05) is 13.0 Å². The first-order valence-electron chi connectivity index (χ1n) is 4.04. The number of hydrogen-bond acceptors (Lipinski definition) is 1. The van der Waals surface area contributed by atoms with Crippen LogP contribution in [0.1, 0.15) is 26.2 Å². The standard InChI is InChI=1S/C9H16O/c1-3-4-8-7(2)5-6-9(8)10/h3,7-10H,1,4-6H2,2H3/t7?,8-,9-/m0/s1. The van der Waals surface area contributed by atoms with Crippen molar-refractivity contribution in [1.29, 1.82) is 0 Å². The lowest BCUT2D eigenvalue weighted by atomic mass is 9.93. The van der Waals surface area contributed by atoms with E-state index in [0.29, 0.717) is 11.8 Å². The van der Waals surface area contributed by atoms with Crippen LogP contribution >= 0.6 is 0 Å². The Morgan fingerprint density at radius 3 is 2.70 bits per heavy atom. The molecule has 0 bridgehead atoms. The van der Waals surface area contributed by atoms with E-state index in [2.05, 4.69) is 13.5 Å². The molecule has 0 aliphatic heterocycles. The molecule has 0 saturated heterocycles. The Bertz CT molecular complexity index is 110. The molecule has 0 aromatic carbocycles. The minimum Gasteiger partial charge on any atom is -0.393 e. The molecule has 1 saturated carbocycles. The van der Waals surface area contributed by atoms with Gasteiger partial charge in [-0.05, 0) is 31.1 Å². The summed E-state index contributed by atoms with van der Waals surface area (Å²) >= 11 is 0. The van der Waals surface area contributed by atoms with Crippen molar-refractivity contribution in [3.05, 3.63) is 12.7 Å². The molecule has 1 fully saturated rings. The summed E-state index contributed by atoms with van der Waals surface area (Å²) in [6, 6.07) is 0. The van der Waals surface area contributed by atoms with Crippen LogP contribution in [-0.2, 0) is 0 Å². The van der Waals surface area contributed by atoms with Crippen LogP contribution in [-0.4, -0.2) is 11.2 Å². The average Bonchev–Trinajstić information content (AvgIpc) is 2.20. The van der Waals surface area contributed by atoms with Gasteiger partial charge < -0.3 is 5.11 Å². The Labute approximate surface area is 62.8 Å². The maximum atomic E-state index is 9.44. The van der Waals surface area contributed by atoms with Crippen molar-refractivity contribution in [2.24, 2.45) is 11.8 Å². The van der Waals surface area contributed by atoms with Crippen LogP contribution in [0.4, 0.5) is 0 Å². The van der Waals surface area contributed by atoms with Crippen molar-refractivity contribution in [2.45, 2.75) is 32.3 Å². The number of rotatable bonds is 2. The summed E-state index contributed by atoms with van der Waals surface area (Å²) in [6.07, 6.45) is 4.99. The van der Waals surface area contributed by atoms with E-state index in [1.54, 1.807) is 0 Å². The molecule has 1 nitrogen and oxygen atoms in total. The highest BCUT2D eigenvalue weighted by Gasteiger charge is 2.30. The maximum absolute atomic E-state index is 9.44. The van der Waals surface area contributed by atoms with E-state index in [0.717, 1.165) is 12.8 Å². The molecule has 58 valence electrons. The summed E-state index contributed by atoms with van der Waals surface area (Å²) in [4.78, 5) is 0. The second-order valence-corrected chi connectivity index (χ2v) is 3.31. The molecule has 0 aromatic heterocycles. The molecule has 1 aliphatic carbocycles. The molecular formula is C9H16O. The van der Waals surface area contributed by atoms with Crippen molar-refractivity contribution >= 4 is 0 Å². The number of hydrogen-bond donors (Lipinski definition) is 1. The van der Waals surface area contributed by atoms with Crippen LogP contribution in [0.15, 0.2) is 12.7 Å². The molecule has 0 amide bonds. The first-order valence-corrected chi connectivity index (χ1v) is 4.04. The summed E-state index contributed by atoms with van der Waals surface area (Å²) < 4.78 is 0. The minimum atomic E-state index is -0.0620. The molecule has 3 atom stereocenters. The van der Waals surface area contributed by atoms with Crippen LogP contribution in [0.25, 0.3) is 0 Å². The number of aliphatic hydroxyl groups is 1. The van der Waals surface area contributed by atoms with E-state index in [1.807, 2.05) is 6.08 Å². The monoisotopic (exact) mass is 140 g/mol. The lowest BCUT2D eigenvalue weighted by Gasteiger charge is -2.15. The summed E-state index contributed by atoms with van der Waals surface area (Å²) in [7, 11) is 0. The summed E-state index contributed by atoms with van der Waals surface area (Å²) in [5.74, 6) is 1.17. The molecule has 1 N–H and O–H groups in total. The fourth-order valence-corrected chi connectivity index (χ4v) is 1.82. The smallest absolute Gasteiger partial charge is 0.0574 e. The zero-order valence-corrected chi connectivity index (χ0v) is 6.59. The fourth-order valence-electron chi connectivity index (χ4n) is 1.82. The summed E-state index contributed by atoms with van der Waals surface area (Å²) in [6.45, 7) is 5.89. The van der Waals surface area contributed by atoms with E-state index < -0.39 is 0 Å². The summed E-state index contributed by atoms with van der Waals surface area (Å²) in [5.41, 5.74) is 0. The van der Waals surface area contributed by atoms with Crippen LogP contribution in [0.2, 0.25) is 0 Å². The predicted octanol–water partition coefficient (Wildman–Crippen LogP) is 1.97. The van der Waals surface area contributed by atoms with Gasteiger partial charge in [0.05, 0.1) is 6.10 Å². The number of allylic oxidation sites excluding steroid dienone is 1. The quantitative estimate of drug-likeness (QED) is 0.581. The van der Waals surface area contributed by atoms with E-state index >= 15 is 0 Å². The third-order valence-electron chi connectivity index (χ3n) is 2.58. The predicted molar refractivity (Wildman–Crippen MR) is 42.7 cm³/mol. The largest absolute Gasteiger partial charge is 0.393 e. The first kappa shape index (κ1) is 7.80. The van der Waals surface area contributed by atoms with Crippen LogP contribution in [0.3, 0.4) is 0 Å². The van der Waals surface area contributed by atoms with E-state index in [4.69, 9.17) is 0 Å². The highest BCUT2D eigenvalue weighted by molar-refractivity contribution is 4.86. The van der Waals surface area contributed by atoms with E-state index in [9.17, 15) is 5.11 Å². The third kappa shape index (κ3) is 1.40. The zero-order chi connectivity index (χ0) is 7.56. The van der Waals surface area contributed by atoms with Crippen molar-refractivity contribution in [2.75, 3.05) is 0 Å². The Balaban J connectivity index is 2.45. The third-order valence-corrected chi connectivity index (χ3v) is 2.58. The SMILES string of the molecule is C=CC[C@H]1C(C)CC[C@@H]1O. The van der Waals surface area contributed by atoms with Gasteiger partial charge >= 0.3 is 0 Å². The van der Waals surface area contributed by atoms with Crippen molar-refractivity contribution in [1.82, 2.24) is 0 Å². The second kappa shape index (κ2) is 3.20. The fraction of sp³-hybridized carbons (Fsp3) is 0.778. The summed E-state index contributed by atoms with van der Waals surface area (Å²) in [5, 5.41) is 9.44. The zero-order valence-electron chi connectivity index (χ0n) is 6.59. The van der Waals surface area contributed by atoms with Crippen molar-refractivity contribution < 1.29 is 5.11 Å². The molecule has 10 heavy (non-hydrogen) atoms. The van der Waals surface area contributed by atoms with Gasteiger partial charge in [-0.25, -0.2) is 0 Å². The first-order chi connectivity index (χ1) is 4.75. The molecule has 0 spiro atoms. The molecule has 0 heterocycles. The normalized spacial score (nSPS) is 40.0. The highest BCUT2D eigenvalue weighted by atomic mass is 16.3. The molecule has 1 unspecified atom stereocenters. The topological polar surface area (TPSA) is 20.2 Å². The Kier molecular flexibility index (Phi) is 2.50. The highest BCUT2D eigenvalue weighted by Crippen LogP contribution is 2.33. The van der Waals surface area contributed by atoms with Crippen LogP contribution in [0.5, 0.6) is 0 Å². The molecule has 1 rings (SSSR count). The molecule has 0 aromatic rings. The average molecular weight is 140 g/mol. The molecule has 1 heteroatoms. The van der Waals surface area contributed by atoms with Crippen LogP contribution in [0, 0.1) is 11.8 Å². The second-order valence-electron chi connectivity index (χ2n) is 3.31. The minimum absolute atomic E-state index is 0.0620. The lowest BCUT2D eigenvalue weighted by molar-refractivity contribution is 0.122. The van der Waals surface area contributed by atoms with Gasteiger partial charge in [0, 0.05) is 0 Å². The van der Waals surface area contributed by atoms with Crippen molar-refractivity contribution in [3.63, 3.8) is 0 Å². The Morgan fingerprint density at radius 2 is 2.30 bits per heavy atom.